The minimum Gasteiger partial charge on any atom is -0.494 e. The molecule has 0 saturated heterocycles. The summed E-state index contributed by atoms with van der Waals surface area (Å²) in [7, 11) is 0. The van der Waals surface area contributed by atoms with E-state index < -0.39 is 0 Å². The molecule has 6 heteroatoms. The van der Waals surface area contributed by atoms with E-state index in [4.69, 9.17) is 40.2 Å². The fourth-order valence-electron chi connectivity index (χ4n) is 1.67. The van der Waals surface area contributed by atoms with Crippen molar-refractivity contribution < 1.29 is 4.74 Å². The van der Waals surface area contributed by atoms with Crippen molar-refractivity contribution in [3.63, 3.8) is 0 Å². The first-order valence-electron chi connectivity index (χ1n) is 6.34. The molecule has 0 aliphatic rings. The van der Waals surface area contributed by atoms with Gasteiger partial charge in [-0.2, -0.15) is 0 Å². The number of nitrogens with one attached hydrogen (secondary N) is 2. The van der Waals surface area contributed by atoms with E-state index in [2.05, 4.69) is 10.6 Å². The summed E-state index contributed by atoms with van der Waals surface area (Å²) in [4.78, 5) is 0. The van der Waals surface area contributed by atoms with Crippen LogP contribution in [0.15, 0.2) is 42.5 Å². The van der Waals surface area contributed by atoms with Crippen LogP contribution in [0.3, 0.4) is 0 Å². The highest BCUT2D eigenvalue weighted by Gasteiger charge is 2.02. The number of halogens is 2. The van der Waals surface area contributed by atoms with Crippen LogP contribution in [0.4, 0.5) is 11.4 Å². The van der Waals surface area contributed by atoms with Gasteiger partial charge in [0.05, 0.1) is 16.7 Å². The Morgan fingerprint density at radius 3 is 2.24 bits per heavy atom. The molecule has 0 radical (unpaired) electrons. The summed E-state index contributed by atoms with van der Waals surface area (Å²) in [5.74, 6) is 0.825. The largest absolute Gasteiger partial charge is 0.494 e. The van der Waals surface area contributed by atoms with Crippen molar-refractivity contribution in [2.75, 3.05) is 17.2 Å². The molecule has 0 amide bonds. The fourth-order valence-corrected chi connectivity index (χ4v) is 2.20. The molecule has 0 heterocycles. The van der Waals surface area contributed by atoms with Crippen molar-refractivity contribution in [3.8, 4) is 5.75 Å². The molecule has 2 N–H and O–H groups in total. The van der Waals surface area contributed by atoms with Gasteiger partial charge in [-0.05, 0) is 61.6 Å². The summed E-state index contributed by atoms with van der Waals surface area (Å²) in [6.45, 7) is 2.59. The zero-order chi connectivity index (χ0) is 15.2. The summed E-state index contributed by atoms with van der Waals surface area (Å²) in [5.41, 5.74) is 1.64. The lowest BCUT2D eigenvalue weighted by Gasteiger charge is -2.11. The Morgan fingerprint density at radius 1 is 1.00 bits per heavy atom. The molecule has 21 heavy (non-hydrogen) atoms. The first kappa shape index (κ1) is 15.9. The number of ether oxygens (including phenoxy) is 1. The van der Waals surface area contributed by atoms with Crippen LogP contribution in [0, 0.1) is 0 Å². The van der Waals surface area contributed by atoms with Gasteiger partial charge in [-0.3, -0.25) is 0 Å². The Bertz CT molecular complexity index is 632. The summed E-state index contributed by atoms with van der Waals surface area (Å²) in [6.07, 6.45) is 0. The highest BCUT2D eigenvalue weighted by Crippen LogP contribution is 2.25. The van der Waals surface area contributed by atoms with Gasteiger partial charge in [-0.15, -0.1) is 0 Å². The lowest BCUT2D eigenvalue weighted by atomic mass is 10.3. The standard InChI is InChI=1S/C15H14Cl2N2OS/c1-2-20-12-6-3-10(4-7-12)18-15(21)19-11-5-8-13(16)14(17)9-11/h3-9H,2H2,1H3,(H2,18,19,21). The molecule has 2 aromatic carbocycles. The molecule has 0 aromatic heterocycles. The van der Waals surface area contributed by atoms with Gasteiger partial charge in [-0.1, -0.05) is 23.2 Å². The van der Waals surface area contributed by atoms with Gasteiger partial charge in [0.1, 0.15) is 5.75 Å². The number of rotatable bonds is 4. The lowest BCUT2D eigenvalue weighted by molar-refractivity contribution is 0.340. The number of benzene rings is 2. The van der Waals surface area contributed by atoms with Crippen molar-refractivity contribution in [1.82, 2.24) is 0 Å². The van der Waals surface area contributed by atoms with Gasteiger partial charge in [0.25, 0.3) is 0 Å². The molecule has 2 aromatic rings. The normalized spacial score (nSPS) is 10.0. The Balaban J connectivity index is 1.96. The third-order valence-corrected chi connectivity index (χ3v) is 3.54. The average molecular weight is 341 g/mol. The van der Waals surface area contributed by atoms with Gasteiger partial charge >= 0.3 is 0 Å². The third-order valence-electron chi connectivity index (χ3n) is 2.60. The van der Waals surface area contributed by atoms with Crippen LogP contribution in [-0.4, -0.2) is 11.7 Å². The van der Waals surface area contributed by atoms with E-state index in [1.165, 1.54) is 0 Å². The molecule has 0 atom stereocenters. The first-order chi connectivity index (χ1) is 10.1. The smallest absolute Gasteiger partial charge is 0.175 e. The minimum atomic E-state index is 0.470. The quantitative estimate of drug-likeness (QED) is 0.749. The molecule has 0 fully saturated rings. The van der Waals surface area contributed by atoms with Crippen molar-refractivity contribution in [3.05, 3.63) is 52.5 Å². The molecular weight excluding hydrogens is 327 g/mol. The molecule has 110 valence electrons. The summed E-state index contributed by atoms with van der Waals surface area (Å²) in [6, 6.07) is 12.8. The van der Waals surface area contributed by atoms with E-state index in [0.717, 1.165) is 17.1 Å². The monoisotopic (exact) mass is 340 g/mol. The highest BCUT2D eigenvalue weighted by atomic mass is 35.5. The maximum absolute atomic E-state index is 5.96. The van der Waals surface area contributed by atoms with Gasteiger partial charge in [0.2, 0.25) is 0 Å². The van der Waals surface area contributed by atoms with Crippen molar-refractivity contribution >= 4 is 51.9 Å². The van der Waals surface area contributed by atoms with Crippen molar-refractivity contribution in [2.24, 2.45) is 0 Å². The van der Waals surface area contributed by atoms with Crippen LogP contribution in [0.5, 0.6) is 5.75 Å². The third kappa shape index (κ3) is 4.77. The van der Waals surface area contributed by atoms with Crippen LogP contribution < -0.4 is 15.4 Å². The predicted molar refractivity (Wildman–Crippen MR) is 93.9 cm³/mol. The number of hydrogen-bond acceptors (Lipinski definition) is 2. The van der Waals surface area contributed by atoms with E-state index in [1.807, 2.05) is 31.2 Å². The topological polar surface area (TPSA) is 33.3 Å². The van der Waals surface area contributed by atoms with Gasteiger partial charge in [0, 0.05) is 11.4 Å². The van der Waals surface area contributed by atoms with E-state index in [-0.39, 0.29) is 0 Å². The molecule has 0 spiro atoms. The molecule has 0 saturated carbocycles. The minimum absolute atomic E-state index is 0.470. The van der Waals surface area contributed by atoms with Gasteiger partial charge in [0.15, 0.2) is 5.11 Å². The Hall–Kier alpha value is -1.49. The molecule has 0 bridgehead atoms. The van der Waals surface area contributed by atoms with E-state index >= 15 is 0 Å². The molecule has 0 unspecified atom stereocenters. The van der Waals surface area contributed by atoms with Crippen molar-refractivity contribution in [2.45, 2.75) is 6.92 Å². The fraction of sp³-hybridized carbons (Fsp3) is 0.133. The summed E-state index contributed by atoms with van der Waals surface area (Å²) >= 11 is 17.1. The molecule has 3 nitrogen and oxygen atoms in total. The summed E-state index contributed by atoms with van der Waals surface area (Å²) < 4.78 is 5.38. The van der Waals surface area contributed by atoms with Gasteiger partial charge < -0.3 is 15.4 Å². The van der Waals surface area contributed by atoms with Crippen LogP contribution >= 0.6 is 35.4 Å². The maximum atomic E-state index is 5.96. The SMILES string of the molecule is CCOc1ccc(NC(=S)Nc2ccc(Cl)c(Cl)c2)cc1. The molecule has 0 aliphatic carbocycles. The van der Waals surface area contributed by atoms with Crippen LogP contribution in [-0.2, 0) is 0 Å². The van der Waals surface area contributed by atoms with E-state index in [9.17, 15) is 0 Å². The van der Waals surface area contributed by atoms with Gasteiger partial charge in [-0.25, -0.2) is 0 Å². The Morgan fingerprint density at radius 2 is 1.62 bits per heavy atom. The second-order valence-corrected chi connectivity index (χ2v) is 5.39. The number of hydrogen-bond donors (Lipinski definition) is 2. The highest BCUT2D eigenvalue weighted by molar-refractivity contribution is 7.80. The first-order valence-corrected chi connectivity index (χ1v) is 7.51. The Kier molecular flexibility index (Phi) is 5.67. The molecular formula is C15H14Cl2N2OS. The number of thiocarbonyl (C=S) groups is 1. The maximum Gasteiger partial charge on any atom is 0.175 e. The van der Waals surface area contributed by atoms with E-state index in [0.29, 0.717) is 21.8 Å². The lowest BCUT2D eigenvalue weighted by Crippen LogP contribution is -2.18. The van der Waals surface area contributed by atoms with Crippen LogP contribution in [0.2, 0.25) is 10.0 Å². The molecule has 0 aliphatic heterocycles. The summed E-state index contributed by atoms with van der Waals surface area (Å²) in [5, 5.41) is 7.58. The zero-order valence-electron chi connectivity index (χ0n) is 11.3. The molecule has 2 rings (SSSR count). The second kappa shape index (κ2) is 7.50. The average Bonchev–Trinajstić information content (AvgIpc) is 2.45. The number of anilines is 2. The van der Waals surface area contributed by atoms with E-state index in [1.54, 1.807) is 18.2 Å². The van der Waals surface area contributed by atoms with Crippen LogP contribution in [0.1, 0.15) is 6.92 Å². The predicted octanol–water partition coefficient (Wildman–Crippen LogP) is 5.20. The van der Waals surface area contributed by atoms with Crippen molar-refractivity contribution in [1.29, 1.82) is 0 Å². The second-order valence-electron chi connectivity index (χ2n) is 4.17. The Labute approximate surface area is 139 Å². The van der Waals surface area contributed by atoms with Crippen LogP contribution in [0.25, 0.3) is 0 Å². The zero-order valence-corrected chi connectivity index (χ0v) is 13.6.